The van der Waals surface area contributed by atoms with E-state index in [-0.39, 0.29) is 36.2 Å². The van der Waals surface area contributed by atoms with Gasteiger partial charge in [0.2, 0.25) is 0 Å². The van der Waals surface area contributed by atoms with E-state index in [1.807, 2.05) is 82.8 Å². The smallest absolute Gasteiger partial charge is 0.410 e. The Bertz CT molecular complexity index is 2570. The number of hydrogen-bond donors (Lipinski definition) is 1. The normalized spacial score (nSPS) is 13.0. The summed E-state index contributed by atoms with van der Waals surface area (Å²) in [5.74, 6) is 0.834. The first-order valence-corrected chi connectivity index (χ1v) is 21.3. The molecule has 3 aromatic carbocycles. The Balaban J connectivity index is 0.000000168. The van der Waals surface area contributed by atoms with Crippen LogP contribution in [0.25, 0.3) is 27.5 Å². The molecular formula is C48H56BrIN8O5. The molecule has 0 fully saturated rings. The monoisotopic (exact) mass is 1030 g/mol. The van der Waals surface area contributed by atoms with Crippen LogP contribution in [0.2, 0.25) is 0 Å². The molecule has 0 unspecified atom stereocenters. The molecule has 7 aromatic rings. The van der Waals surface area contributed by atoms with Crippen molar-refractivity contribution in [3.8, 4) is 11.4 Å². The molecule has 332 valence electrons. The second-order valence-electron chi connectivity index (χ2n) is 16.9. The summed E-state index contributed by atoms with van der Waals surface area (Å²) in [6.07, 6.45) is 15.4. The van der Waals surface area contributed by atoms with Crippen LogP contribution >= 0.6 is 39.9 Å². The van der Waals surface area contributed by atoms with Crippen molar-refractivity contribution in [3.05, 3.63) is 143 Å². The van der Waals surface area contributed by atoms with Crippen LogP contribution in [0, 0.1) is 6.92 Å². The molecule has 4 aromatic heterocycles. The zero-order valence-corrected chi connectivity index (χ0v) is 41.0. The van der Waals surface area contributed by atoms with Crippen LogP contribution in [0.5, 0.6) is 5.75 Å². The first kappa shape index (κ1) is 48.5. The highest BCUT2D eigenvalue weighted by Crippen LogP contribution is 2.30. The second-order valence-corrected chi connectivity index (χ2v) is 17.8. The lowest BCUT2D eigenvalue weighted by molar-refractivity contribution is 0.0214. The number of aromatic amines is 1. The summed E-state index contributed by atoms with van der Waals surface area (Å²) in [5, 5.41) is 2.14. The lowest BCUT2D eigenvalue weighted by atomic mass is 9.99. The number of H-pyrrole nitrogens is 1. The van der Waals surface area contributed by atoms with Crippen molar-refractivity contribution in [1.82, 2.24) is 39.3 Å². The quantitative estimate of drug-likeness (QED) is 0.132. The third kappa shape index (κ3) is 13.5. The van der Waals surface area contributed by atoms with Gasteiger partial charge in [-0.15, -0.1) is 24.0 Å². The molecule has 2 aliphatic heterocycles. The summed E-state index contributed by atoms with van der Waals surface area (Å²) in [5.41, 5.74) is 8.22. The van der Waals surface area contributed by atoms with Crippen molar-refractivity contribution in [2.75, 3.05) is 20.2 Å². The molecule has 2 amide bonds. The van der Waals surface area contributed by atoms with Gasteiger partial charge in [0.25, 0.3) is 0 Å². The summed E-state index contributed by atoms with van der Waals surface area (Å²) in [4.78, 5) is 47.0. The fourth-order valence-corrected chi connectivity index (χ4v) is 7.34. The van der Waals surface area contributed by atoms with E-state index in [0.29, 0.717) is 19.6 Å². The Morgan fingerprint density at radius 2 is 1.29 bits per heavy atom. The molecule has 0 saturated carbocycles. The molecule has 15 heteroatoms. The Labute approximate surface area is 394 Å². The first-order chi connectivity index (χ1) is 29.6. The van der Waals surface area contributed by atoms with E-state index >= 15 is 0 Å². The molecule has 0 bridgehead atoms. The molecule has 63 heavy (non-hydrogen) atoms. The number of fused-ring (bicyclic) bond motifs is 5. The maximum atomic E-state index is 12.2. The van der Waals surface area contributed by atoms with Gasteiger partial charge in [0.05, 0.1) is 25.3 Å². The number of rotatable bonds is 2. The van der Waals surface area contributed by atoms with E-state index in [1.165, 1.54) is 27.8 Å². The number of aryl methyl sites for hydroxylation is 1. The summed E-state index contributed by atoms with van der Waals surface area (Å²) in [7, 11) is 1.67. The van der Waals surface area contributed by atoms with Crippen molar-refractivity contribution < 1.29 is 23.8 Å². The molecule has 0 radical (unpaired) electrons. The zero-order chi connectivity index (χ0) is 44.4. The minimum atomic E-state index is -0.456. The van der Waals surface area contributed by atoms with Crippen LogP contribution in [0.3, 0.4) is 0 Å². The molecule has 1 N–H and O–H groups in total. The van der Waals surface area contributed by atoms with Crippen molar-refractivity contribution in [3.63, 3.8) is 0 Å². The molecule has 13 nitrogen and oxygen atoms in total. The summed E-state index contributed by atoms with van der Waals surface area (Å²) < 4.78 is 19.3. The van der Waals surface area contributed by atoms with Gasteiger partial charge < -0.3 is 33.6 Å². The molecule has 2 aliphatic rings. The SMILES string of the molecule is CC(C)(C)OC(=O)N1CCc2cc(-n3ccnc3)ccc2C1.CC(C)(C)OC(=O)N1CCc2cc(Br)ccc2C1.COc1ccnc2c1ccc1c(C)ccnc12.I.c1c[nH]cn1. The summed E-state index contributed by atoms with van der Waals surface area (Å²) in [6, 6.07) is 20.5. The number of aromatic nitrogens is 6. The fourth-order valence-electron chi connectivity index (χ4n) is 6.93. The Hall–Kier alpha value is -5.55. The Morgan fingerprint density at radius 3 is 1.83 bits per heavy atom. The zero-order valence-electron chi connectivity index (χ0n) is 37.1. The van der Waals surface area contributed by atoms with Gasteiger partial charge in [-0.05, 0) is 132 Å². The number of halogens is 2. The van der Waals surface area contributed by atoms with Gasteiger partial charge in [0.1, 0.15) is 22.5 Å². The minimum Gasteiger partial charge on any atom is -0.496 e. The number of carbonyl (C=O) groups is 2. The van der Waals surface area contributed by atoms with E-state index < -0.39 is 11.2 Å². The number of pyridine rings is 2. The molecule has 0 aliphatic carbocycles. The number of nitrogens with one attached hydrogen (secondary N) is 1. The number of nitrogens with zero attached hydrogens (tertiary/aromatic N) is 7. The van der Waals surface area contributed by atoms with Crippen LogP contribution < -0.4 is 4.74 Å². The van der Waals surface area contributed by atoms with E-state index in [1.54, 1.807) is 54.4 Å². The number of methoxy groups -OCH3 is 1. The first-order valence-electron chi connectivity index (χ1n) is 20.5. The van der Waals surface area contributed by atoms with Crippen LogP contribution in [-0.2, 0) is 35.4 Å². The van der Waals surface area contributed by atoms with Crippen molar-refractivity contribution in [2.45, 2.75) is 85.6 Å². The largest absolute Gasteiger partial charge is 0.496 e. The molecule has 0 atom stereocenters. The Morgan fingerprint density at radius 1 is 0.698 bits per heavy atom. The number of imidazole rings is 2. The lowest BCUT2D eigenvalue weighted by Gasteiger charge is -2.31. The second kappa shape index (κ2) is 21.7. The van der Waals surface area contributed by atoms with Crippen LogP contribution in [-0.4, -0.2) is 82.9 Å². The number of hydrogen-bond acceptors (Lipinski definition) is 9. The van der Waals surface area contributed by atoms with Crippen LogP contribution in [0.1, 0.15) is 69.4 Å². The van der Waals surface area contributed by atoms with Gasteiger partial charge >= 0.3 is 12.2 Å². The van der Waals surface area contributed by atoms with Crippen molar-refractivity contribution in [1.29, 1.82) is 0 Å². The van der Waals surface area contributed by atoms with Gasteiger partial charge in [0, 0.05) is 84.3 Å². The summed E-state index contributed by atoms with van der Waals surface area (Å²) in [6.45, 7) is 16.1. The van der Waals surface area contributed by atoms with E-state index in [2.05, 4.69) is 84.2 Å². The molecule has 0 saturated heterocycles. The number of amides is 2. The number of benzene rings is 3. The minimum absolute atomic E-state index is 0. The maximum Gasteiger partial charge on any atom is 0.410 e. The fraction of sp³-hybridized carbons (Fsp3) is 0.333. The highest BCUT2D eigenvalue weighted by atomic mass is 127. The predicted octanol–water partition coefficient (Wildman–Crippen LogP) is 11.0. The van der Waals surface area contributed by atoms with Gasteiger partial charge in [-0.3, -0.25) is 9.97 Å². The average Bonchev–Trinajstić information content (AvgIpc) is 4.01. The van der Waals surface area contributed by atoms with Gasteiger partial charge in [0.15, 0.2) is 0 Å². The van der Waals surface area contributed by atoms with Crippen LogP contribution in [0.4, 0.5) is 9.59 Å². The average molecular weight is 1030 g/mol. The maximum absolute atomic E-state index is 12.2. The van der Waals surface area contributed by atoms with E-state index in [0.717, 1.165) is 57.1 Å². The third-order valence-corrected chi connectivity index (χ3v) is 10.4. The predicted molar refractivity (Wildman–Crippen MR) is 261 cm³/mol. The standard InChI is InChI=1S/C17H21N3O2.C14H18BrNO2.C14H12N2O.C3H4N2.HI/c1-17(2,3)22-16(21)19-8-6-13-10-15(5-4-14(13)11-19)20-9-7-18-12-20;1-14(2,3)18-13(17)16-7-6-10-8-12(15)5-4-11(10)9-16;1-9-5-7-15-13-10(9)3-4-11-12(17-2)6-8-16-14(11)13;1-2-5-3-4-1;/h4-5,7,9-10,12H,6,8,11H2,1-3H3;4-5,8H,6-7,9H2,1-3H3;3-8H,1-2H3;1-3H,(H,4,5);1H. The van der Waals surface area contributed by atoms with Gasteiger partial charge in [-0.1, -0.05) is 34.1 Å². The van der Waals surface area contributed by atoms with Gasteiger partial charge in [-0.2, -0.15) is 0 Å². The van der Waals surface area contributed by atoms with E-state index in [9.17, 15) is 9.59 Å². The Kier molecular flexibility index (Phi) is 16.7. The number of ether oxygens (including phenoxy) is 3. The topological polar surface area (TPSA) is 141 Å². The third-order valence-electron chi connectivity index (χ3n) is 9.91. The molecule has 6 heterocycles. The molecular weight excluding hydrogens is 975 g/mol. The number of carbonyl (C=O) groups excluding carboxylic acids is 2. The highest BCUT2D eigenvalue weighted by Gasteiger charge is 2.27. The lowest BCUT2D eigenvalue weighted by Crippen LogP contribution is -2.39. The molecule has 0 spiro atoms. The van der Waals surface area contributed by atoms with Crippen molar-refractivity contribution >= 4 is 73.9 Å². The van der Waals surface area contributed by atoms with Crippen molar-refractivity contribution in [2.24, 2.45) is 0 Å². The van der Waals surface area contributed by atoms with E-state index in [4.69, 9.17) is 14.2 Å². The van der Waals surface area contributed by atoms with Crippen LogP contribution in [0.15, 0.2) is 115 Å². The summed E-state index contributed by atoms with van der Waals surface area (Å²) >= 11 is 3.47. The highest BCUT2D eigenvalue weighted by molar-refractivity contribution is 14.0. The molecule has 9 rings (SSSR count). The van der Waals surface area contributed by atoms with Gasteiger partial charge in [-0.25, -0.2) is 19.6 Å².